The predicted octanol–water partition coefficient (Wildman–Crippen LogP) is 3.38. The Morgan fingerprint density at radius 1 is 1.30 bits per heavy atom. The van der Waals surface area contributed by atoms with Crippen LogP contribution < -0.4 is 5.32 Å². The van der Waals surface area contributed by atoms with Crippen molar-refractivity contribution in [1.29, 1.82) is 0 Å². The number of hydrogen-bond acceptors (Lipinski definition) is 4. The van der Waals surface area contributed by atoms with Crippen molar-refractivity contribution in [3.63, 3.8) is 0 Å². The van der Waals surface area contributed by atoms with Crippen molar-refractivity contribution in [3.05, 3.63) is 50.4 Å². The summed E-state index contributed by atoms with van der Waals surface area (Å²) in [5.41, 5.74) is 1.04. The van der Waals surface area contributed by atoms with Gasteiger partial charge in [0.25, 0.3) is 0 Å². The third kappa shape index (κ3) is 4.43. The fourth-order valence-electron chi connectivity index (χ4n) is 1.61. The molecule has 0 aliphatic rings. The van der Waals surface area contributed by atoms with Gasteiger partial charge in [-0.05, 0) is 53.9 Å². The van der Waals surface area contributed by atoms with E-state index in [9.17, 15) is 9.59 Å². The lowest BCUT2D eigenvalue weighted by molar-refractivity contribution is -0.116. The summed E-state index contributed by atoms with van der Waals surface area (Å²) in [5, 5.41) is 6.79. The zero-order valence-corrected chi connectivity index (χ0v) is 12.7. The molecule has 0 aromatic carbocycles. The molecule has 2 rings (SSSR count). The van der Waals surface area contributed by atoms with Gasteiger partial charge >= 0.3 is 0 Å². The number of rotatable bonds is 6. The molecule has 0 fully saturated rings. The summed E-state index contributed by atoms with van der Waals surface area (Å²) in [4.78, 5) is 24.6. The summed E-state index contributed by atoms with van der Waals surface area (Å²) in [6.45, 7) is 2.14. The number of hydrogen-bond donors (Lipinski definition) is 1. The molecule has 0 atom stereocenters. The number of nitrogens with one attached hydrogen (secondary N) is 1. The van der Waals surface area contributed by atoms with Crippen LogP contribution in [0, 0.1) is 0 Å². The maximum atomic E-state index is 11.6. The molecule has 2 aromatic rings. The fourth-order valence-corrected chi connectivity index (χ4v) is 3.14. The van der Waals surface area contributed by atoms with Gasteiger partial charge in [0.15, 0.2) is 5.78 Å². The van der Waals surface area contributed by atoms with Crippen LogP contribution in [0.15, 0.2) is 35.0 Å². The minimum atomic E-state index is -0.0976. The molecule has 0 aliphatic carbocycles. The summed E-state index contributed by atoms with van der Waals surface area (Å²) >= 11 is 3.09. The first-order valence-electron chi connectivity index (χ1n) is 6.23. The third-order valence-corrected chi connectivity index (χ3v) is 4.60. The topological polar surface area (TPSA) is 46.2 Å². The summed E-state index contributed by atoms with van der Waals surface area (Å²) in [7, 11) is 0. The van der Waals surface area contributed by atoms with Crippen LogP contribution in [0.25, 0.3) is 6.08 Å². The molecule has 0 spiro atoms. The SMILES string of the molecule is CC(=O)c1ccc(CCNC(=O)/C=C/c2ccsc2)s1. The highest BCUT2D eigenvalue weighted by Crippen LogP contribution is 2.17. The van der Waals surface area contributed by atoms with E-state index >= 15 is 0 Å². The fraction of sp³-hybridized carbons (Fsp3) is 0.200. The van der Waals surface area contributed by atoms with Crippen molar-refractivity contribution >= 4 is 40.4 Å². The van der Waals surface area contributed by atoms with Crippen LogP contribution in [-0.2, 0) is 11.2 Å². The Morgan fingerprint density at radius 2 is 2.15 bits per heavy atom. The highest BCUT2D eigenvalue weighted by Gasteiger charge is 2.04. The molecule has 20 heavy (non-hydrogen) atoms. The zero-order chi connectivity index (χ0) is 14.4. The van der Waals surface area contributed by atoms with Crippen molar-refractivity contribution in [2.45, 2.75) is 13.3 Å². The van der Waals surface area contributed by atoms with Gasteiger partial charge in [0, 0.05) is 17.5 Å². The third-order valence-electron chi connectivity index (χ3n) is 2.65. The largest absolute Gasteiger partial charge is 0.352 e. The van der Waals surface area contributed by atoms with Crippen LogP contribution in [0.2, 0.25) is 0 Å². The van der Waals surface area contributed by atoms with Crippen molar-refractivity contribution in [3.8, 4) is 0 Å². The molecule has 104 valence electrons. The van der Waals surface area contributed by atoms with Crippen molar-refractivity contribution in [2.24, 2.45) is 0 Å². The van der Waals surface area contributed by atoms with E-state index in [1.165, 1.54) is 17.4 Å². The number of thiophene rings is 2. The Balaban J connectivity index is 1.75. The summed E-state index contributed by atoms with van der Waals surface area (Å²) in [6, 6.07) is 5.73. The van der Waals surface area contributed by atoms with E-state index in [2.05, 4.69) is 5.32 Å². The lowest BCUT2D eigenvalue weighted by Crippen LogP contribution is -2.23. The Morgan fingerprint density at radius 3 is 2.80 bits per heavy atom. The first-order chi connectivity index (χ1) is 9.65. The molecule has 0 saturated carbocycles. The van der Waals surface area contributed by atoms with Crippen molar-refractivity contribution in [1.82, 2.24) is 5.32 Å². The van der Waals surface area contributed by atoms with E-state index < -0.39 is 0 Å². The molecule has 0 aliphatic heterocycles. The second kappa shape index (κ2) is 7.17. The number of ketones is 1. The first-order valence-corrected chi connectivity index (χ1v) is 7.99. The van der Waals surface area contributed by atoms with E-state index in [-0.39, 0.29) is 11.7 Å². The number of Topliss-reactive ketones (excluding diaryl/α,β-unsaturated/α-hetero) is 1. The van der Waals surface area contributed by atoms with Gasteiger partial charge in [0.2, 0.25) is 5.91 Å². The van der Waals surface area contributed by atoms with Gasteiger partial charge < -0.3 is 5.32 Å². The van der Waals surface area contributed by atoms with Gasteiger partial charge in [-0.3, -0.25) is 9.59 Å². The van der Waals surface area contributed by atoms with Crippen LogP contribution in [-0.4, -0.2) is 18.2 Å². The van der Waals surface area contributed by atoms with Gasteiger partial charge in [0.1, 0.15) is 0 Å². The Kier molecular flexibility index (Phi) is 5.26. The Labute approximate surface area is 126 Å². The summed E-state index contributed by atoms with van der Waals surface area (Å²) < 4.78 is 0. The lowest BCUT2D eigenvalue weighted by atomic mass is 10.3. The highest BCUT2D eigenvalue weighted by atomic mass is 32.1. The van der Waals surface area contributed by atoms with Gasteiger partial charge in [-0.2, -0.15) is 11.3 Å². The van der Waals surface area contributed by atoms with E-state index in [0.29, 0.717) is 6.54 Å². The lowest BCUT2D eigenvalue weighted by Gasteiger charge is -1.99. The quantitative estimate of drug-likeness (QED) is 0.657. The van der Waals surface area contributed by atoms with Gasteiger partial charge in [0.05, 0.1) is 4.88 Å². The molecule has 0 unspecified atom stereocenters. The molecular weight excluding hydrogens is 290 g/mol. The van der Waals surface area contributed by atoms with Crippen LogP contribution >= 0.6 is 22.7 Å². The Hall–Kier alpha value is -1.72. The smallest absolute Gasteiger partial charge is 0.244 e. The van der Waals surface area contributed by atoms with Crippen molar-refractivity contribution < 1.29 is 9.59 Å². The molecule has 0 radical (unpaired) electrons. The number of carbonyl (C=O) groups excluding carboxylic acids is 2. The van der Waals surface area contributed by atoms with Crippen LogP contribution in [0.1, 0.15) is 27.0 Å². The normalized spacial score (nSPS) is 10.8. The molecule has 2 aromatic heterocycles. The molecular formula is C15H15NO2S2. The summed E-state index contributed by atoms with van der Waals surface area (Å²) in [5.74, 6) is -0.0106. The average molecular weight is 305 g/mol. The van der Waals surface area contributed by atoms with E-state index in [0.717, 1.165) is 21.7 Å². The molecule has 5 heteroatoms. The van der Waals surface area contributed by atoms with Crippen molar-refractivity contribution in [2.75, 3.05) is 6.54 Å². The van der Waals surface area contributed by atoms with Gasteiger partial charge in [-0.25, -0.2) is 0 Å². The number of amides is 1. The molecule has 0 saturated heterocycles. The predicted molar refractivity (Wildman–Crippen MR) is 84.4 cm³/mol. The monoisotopic (exact) mass is 305 g/mol. The van der Waals surface area contributed by atoms with Crippen LogP contribution in [0.3, 0.4) is 0 Å². The zero-order valence-electron chi connectivity index (χ0n) is 11.1. The standard InChI is InChI=1S/C15H15NO2S2/c1-11(17)14-4-3-13(20-14)6-8-16-15(18)5-2-12-7-9-19-10-12/h2-5,7,9-10H,6,8H2,1H3,(H,16,18)/b5-2+. The number of carbonyl (C=O) groups is 2. The highest BCUT2D eigenvalue weighted by molar-refractivity contribution is 7.14. The minimum Gasteiger partial charge on any atom is -0.352 e. The van der Waals surface area contributed by atoms with E-state index in [1.54, 1.807) is 24.3 Å². The molecule has 2 heterocycles. The van der Waals surface area contributed by atoms with Gasteiger partial charge in [-0.15, -0.1) is 11.3 Å². The summed E-state index contributed by atoms with van der Waals surface area (Å²) in [6.07, 6.45) is 4.08. The maximum Gasteiger partial charge on any atom is 0.244 e. The maximum absolute atomic E-state index is 11.6. The minimum absolute atomic E-state index is 0.0870. The molecule has 1 amide bonds. The Bertz CT molecular complexity index is 612. The first kappa shape index (κ1) is 14.7. The second-order valence-corrected chi connectivity index (χ2v) is 6.20. The molecule has 0 bridgehead atoms. The van der Waals surface area contributed by atoms with E-state index in [4.69, 9.17) is 0 Å². The van der Waals surface area contributed by atoms with Gasteiger partial charge in [-0.1, -0.05) is 0 Å². The second-order valence-electron chi connectivity index (χ2n) is 4.25. The van der Waals surface area contributed by atoms with Crippen LogP contribution in [0.4, 0.5) is 0 Å². The average Bonchev–Trinajstić information content (AvgIpc) is 3.07. The molecule has 1 N–H and O–H groups in total. The van der Waals surface area contributed by atoms with E-state index in [1.807, 2.05) is 29.0 Å². The molecule has 3 nitrogen and oxygen atoms in total. The van der Waals surface area contributed by atoms with Crippen LogP contribution in [0.5, 0.6) is 0 Å².